The summed E-state index contributed by atoms with van der Waals surface area (Å²) in [5.74, 6) is 0.914. The average molecular weight is 371 g/mol. The van der Waals surface area contributed by atoms with E-state index in [1.54, 1.807) is 23.1 Å². The van der Waals surface area contributed by atoms with Gasteiger partial charge in [-0.3, -0.25) is 4.79 Å². The molecule has 0 spiro atoms. The molecule has 0 aliphatic heterocycles. The third-order valence-electron chi connectivity index (χ3n) is 4.17. The first-order valence-electron chi connectivity index (χ1n) is 8.29. The van der Waals surface area contributed by atoms with E-state index in [2.05, 4.69) is 46.1 Å². The van der Waals surface area contributed by atoms with Crippen LogP contribution in [0.25, 0.3) is 10.2 Å². The largest absolute Gasteiger partial charge is 0.316 e. The summed E-state index contributed by atoms with van der Waals surface area (Å²) in [6.07, 6.45) is 2.45. The van der Waals surface area contributed by atoms with Gasteiger partial charge in [0.1, 0.15) is 0 Å². The Morgan fingerprint density at radius 2 is 2.00 bits per heavy atom. The van der Waals surface area contributed by atoms with Crippen molar-refractivity contribution in [2.75, 3.05) is 12.0 Å². The molecule has 1 aromatic heterocycles. The third kappa shape index (κ3) is 4.22. The molecule has 0 fully saturated rings. The van der Waals surface area contributed by atoms with Gasteiger partial charge in [0.25, 0.3) is 5.91 Å². The molecule has 3 aromatic rings. The molecule has 0 radical (unpaired) electrons. The van der Waals surface area contributed by atoms with Gasteiger partial charge in [-0.15, -0.1) is 0 Å². The molecule has 0 aliphatic carbocycles. The summed E-state index contributed by atoms with van der Waals surface area (Å²) in [5, 5.41) is 0. The number of hydrogen-bond acceptors (Lipinski definition) is 3. The number of aryl methyl sites for hydroxylation is 3. The van der Waals surface area contributed by atoms with Gasteiger partial charge in [0.15, 0.2) is 4.80 Å². The van der Waals surface area contributed by atoms with E-state index >= 15 is 0 Å². The van der Waals surface area contributed by atoms with Gasteiger partial charge < -0.3 is 4.57 Å². The van der Waals surface area contributed by atoms with E-state index in [0.717, 1.165) is 33.7 Å². The lowest BCUT2D eigenvalue weighted by Gasteiger charge is -2.05. The van der Waals surface area contributed by atoms with Gasteiger partial charge in [-0.25, -0.2) is 0 Å². The Morgan fingerprint density at radius 3 is 2.80 bits per heavy atom. The van der Waals surface area contributed by atoms with Crippen LogP contribution in [0.5, 0.6) is 0 Å². The number of amides is 1. The minimum Gasteiger partial charge on any atom is -0.316 e. The zero-order valence-electron chi connectivity index (χ0n) is 14.8. The van der Waals surface area contributed by atoms with Crippen LogP contribution in [0.1, 0.15) is 16.7 Å². The molecule has 0 aliphatic rings. The SMILES string of the molecule is CSCCn1c(=NC(=O)Cc2cc(C)ccc2C)sc2ccccc21. The van der Waals surface area contributed by atoms with Crippen LogP contribution < -0.4 is 4.80 Å². The molecule has 1 heterocycles. The van der Waals surface area contributed by atoms with Crippen molar-refractivity contribution in [1.82, 2.24) is 4.57 Å². The average Bonchev–Trinajstić information content (AvgIpc) is 2.93. The highest BCUT2D eigenvalue weighted by atomic mass is 32.2. The standard InChI is InChI=1S/C20H22N2OS2/c1-14-8-9-15(2)16(12-14)13-19(23)21-20-22(10-11-24-3)17-6-4-5-7-18(17)25-20/h4-9,12H,10-11,13H2,1-3H3. The van der Waals surface area contributed by atoms with Gasteiger partial charge in [-0.2, -0.15) is 16.8 Å². The highest BCUT2D eigenvalue weighted by Crippen LogP contribution is 2.17. The molecule has 1 amide bonds. The number of para-hydroxylation sites is 1. The summed E-state index contributed by atoms with van der Waals surface area (Å²) in [7, 11) is 0. The van der Waals surface area contributed by atoms with E-state index in [0.29, 0.717) is 6.42 Å². The molecule has 3 rings (SSSR count). The normalized spacial score (nSPS) is 12.0. The Morgan fingerprint density at radius 1 is 1.20 bits per heavy atom. The number of thioether (sulfide) groups is 1. The van der Waals surface area contributed by atoms with Gasteiger partial charge in [0, 0.05) is 12.3 Å². The molecule has 0 bridgehead atoms. The summed E-state index contributed by atoms with van der Waals surface area (Å²) >= 11 is 3.39. The lowest BCUT2D eigenvalue weighted by atomic mass is 10.0. The second-order valence-corrected chi connectivity index (χ2v) is 8.10. The first-order valence-corrected chi connectivity index (χ1v) is 10.5. The molecule has 0 saturated heterocycles. The van der Waals surface area contributed by atoms with Crippen LogP contribution in [0.4, 0.5) is 0 Å². The number of carbonyl (C=O) groups is 1. The molecule has 2 aromatic carbocycles. The first-order chi connectivity index (χ1) is 12.1. The molecular weight excluding hydrogens is 348 g/mol. The van der Waals surface area contributed by atoms with Crippen molar-refractivity contribution in [2.45, 2.75) is 26.8 Å². The van der Waals surface area contributed by atoms with Crippen molar-refractivity contribution in [3.05, 3.63) is 64.0 Å². The van der Waals surface area contributed by atoms with Crippen LogP contribution in [-0.4, -0.2) is 22.5 Å². The lowest BCUT2D eigenvalue weighted by Crippen LogP contribution is -2.18. The minimum atomic E-state index is -0.0850. The van der Waals surface area contributed by atoms with Crippen molar-refractivity contribution in [1.29, 1.82) is 0 Å². The Bertz CT molecular complexity index is 969. The fourth-order valence-electron chi connectivity index (χ4n) is 2.80. The highest BCUT2D eigenvalue weighted by Gasteiger charge is 2.09. The second-order valence-electron chi connectivity index (χ2n) is 6.11. The third-order valence-corrected chi connectivity index (χ3v) is 5.82. The van der Waals surface area contributed by atoms with Crippen LogP contribution >= 0.6 is 23.1 Å². The second kappa shape index (κ2) is 8.02. The van der Waals surface area contributed by atoms with Crippen LogP contribution in [-0.2, 0) is 17.8 Å². The molecule has 130 valence electrons. The van der Waals surface area contributed by atoms with Crippen molar-refractivity contribution in [3.8, 4) is 0 Å². The maximum Gasteiger partial charge on any atom is 0.252 e. The Labute approximate surface area is 156 Å². The van der Waals surface area contributed by atoms with E-state index in [1.807, 2.05) is 26.0 Å². The number of carbonyl (C=O) groups excluding carboxylic acids is 1. The van der Waals surface area contributed by atoms with E-state index in [4.69, 9.17) is 0 Å². The molecule has 0 saturated carbocycles. The van der Waals surface area contributed by atoms with E-state index < -0.39 is 0 Å². The lowest BCUT2D eigenvalue weighted by molar-refractivity contribution is -0.117. The summed E-state index contributed by atoms with van der Waals surface area (Å²) in [6.45, 7) is 4.95. The van der Waals surface area contributed by atoms with Crippen LogP contribution in [0.15, 0.2) is 47.5 Å². The fourth-order valence-corrected chi connectivity index (χ4v) is 4.24. The number of aromatic nitrogens is 1. The van der Waals surface area contributed by atoms with Crippen molar-refractivity contribution < 1.29 is 4.79 Å². The number of rotatable bonds is 5. The van der Waals surface area contributed by atoms with Gasteiger partial charge >= 0.3 is 0 Å². The summed E-state index contributed by atoms with van der Waals surface area (Å²) in [4.78, 5) is 17.8. The molecule has 0 N–H and O–H groups in total. The molecule has 25 heavy (non-hydrogen) atoms. The van der Waals surface area contributed by atoms with Gasteiger partial charge in [-0.1, -0.05) is 47.2 Å². The quantitative estimate of drug-likeness (QED) is 0.669. The van der Waals surface area contributed by atoms with E-state index in [9.17, 15) is 4.79 Å². The molecular formula is C20H22N2OS2. The Hall–Kier alpha value is -1.85. The van der Waals surface area contributed by atoms with Crippen molar-refractivity contribution in [3.63, 3.8) is 0 Å². The molecule has 5 heteroatoms. The van der Waals surface area contributed by atoms with Crippen LogP contribution in [0.2, 0.25) is 0 Å². The zero-order chi connectivity index (χ0) is 17.8. The Kier molecular flexibility index (Phi) is 5.76. The number of fused-ring (bicyclic) bond motifs is 1. The van der Waals surface area contributed by atoms with Crippen molar-refractivity contribution >= 4 is 39.2 Å². The monoisotopic (exact) mass is 370 g/mol. The maximum atomic E-state index is 12.6. The number of benzene rings is 2. The predicted octanol–water partition coefficient (Wildman–Crippen LogP) is 4.35. The topological polar surface area (TPSA) is 34.4 Å². The number of hydrogen-bond donors (Lipinski definition) is 0. The summed E-state index contributed by atoms with van der Waals surface area (Å²) in [6, 6.07) is 14.5. The molecule has 0 atom stereocenters. The van der Waals surface area contributed by atoms with Crippen molar-refractivity contribution in [2.24, 2.45) is 4.99 Å². The minimum absolute atomic E-state index is 0.0850. The smallest absolute Gasteiger partial charge is 0.252 e. The van der Waals surface area contributed by atoms with Gasteiger partial charge in [0.05, 0.1) is 16.6 Å². The highest BCUT2D eigenvalue weighted by molar-refractivity contribution is 7.98. The molecule has 3 nitrogen and oxygen atoms in total. The van der Waals surface area contributed by atoms with Gasteiger partial charge in [0.2, 0.25) is 0 Å². The Balaban J connectivity index is 1.96. The fraction of sp³-hybridized carbons (Fsp3) is 0.300. The summed E-state index contributed by atoms with van der Waals surface area (Å²) in [5.41, 5.74) is 4.52. The maximum absolute atomic E-state index is 12.6. The first kappa shape index (κ1) is 18.0. The number of nitrogens with zero attached hydrogens (tertiary/aromatic N) is 2. The predicted molar refractivity (Wildman–Crippen MR) is 108 cm³/mol. The number of thiazole rings is 1. The summed E-state index contributed by atoms with van der Waals surface area (Å²) < 4.78 is 3.33. The van der Waals surface area contributed by atoms with Crippen LogP contribution in [0, 0.1) is 13.8 Å². The zero-order valence-corrected chi connectivity index (χ0v) is 16.4. The van der Waals surface area contributed by atoms with E-state index in [-0.39, 0.29) is 5.91 Å². The van der Waals surface area contributed by atoms with E-state index in [1.165, 1.54) is 10.3 Å². The van der Waals surface area contributed by atoms with Gasteiger partial charge in [-0.05, 0) is 43.4 Å². The van der Waals surface area contributed by atoms with Crippen LogP contribution in [0.3, 0.4) is 0 Å². The molecule has 0 unspecified atom stereocenters.